The molecule has 1 N–H and O–H groups in total. The Morgan fingerprint density at radius 3 is 2.52 bits per heavy atom. The van der Waals surface area contributed by atoms with Crippen molar-refractivity contribution in [2.24, 2.45) is 0 Å². The molecule has 144 valence electrons. The minimum absolute atomic E-state index is 0.219. The minimum Gasteiger partial charge on any atom is -0.383 e. The van der Waals surface area contributed by atoms with Gasteiger partial charge in [0.15, 0.2) is 0 Å². The van der Waals surface area contributed by atoms with Gasteiger partial charge in [-0.05, 0) is 43.1 Å². The van der Waals surface area contributed by atoms with Gasteiger partial charge in [0, 0.05) is 26.3 Å². The molecule has 1 aliphatic heterocycles. The zero-order chi connectivity index (χ0) is 19.1. The number of likely N-dealkylation sites (tertiary alicyclic amines) is 1. The van der Waals surface area contributed by atoms with E-state index in [-0.39, 0.29) is 17.2 Å². The fourth-order valence-electron chi connectivity index (χ4n) is 3.14. The summed E-state index contributed by atoms with van der Waals surface area (Å²) in [7, 11) is 1.55. The van der Waals surface area contributed by atoms with Crippen molar-refractivity contribution in [3.8, 4) is 0 Å². The second kappa shape index (κ2) is 9.43. The first-order valence-corrected chi connectivity index (χ1v) is 9.31. The lowest BCUT2D eigenvalue weighted by Gasteiger charge is -2.14. The van der Waals surface area contributed by atoms with Crippen molar-refractivity contribution in [3.05, 3.63) is 63.6 Å². The molecule has 1 fully saturated rings. The van der Waals surface area contributed by atoms with Crippen LogP contribution in [0.3, 0.4) is 0 Å². The van der Waals surface area contributed by atoms with Crippen LogP contribution >= 0.6 is 0 Å². The van der Waals surface area contributed by atoms with Gasteiger partial charge in [-0.25, -0.2) is 4.68 Å². The third-order valence-electron chi connectivity index (χ3n) is 4.69. The fourth-order valence-corrected chi connectivity index (χ4v) is 3.14. The molecule has 1 aromatic heterocycles. The Hall–Kier alpha value is -2.51. The van der Waals surface area contributed by atoms with Crippen LogP contribution in [0, 0.1) is 0 Å². The number of nitrogens with zero attached hydrogens (tertiary/aromatic N) is 3. The summed E-state index contributed by atoms with van der Waals surface area (Å²) in [5.41, 5.74) is 2.29. The van der Waals surface area contributed by atoms with Gasteiger partial charge in [0.1, 0.15) is 5.69 Å². The lowest BCUT2D eigenvalue weighted by Crippen LogP contribution is -2.30. The van der Waals surface area contributed by atoms with Gasteiger partial charge < -0.3 is 10.1 Å². The van der Waals surface area contributed by atoms with Crippen molar-refractivity contribution in [2.75, 3.05) is 26.8 Å². The normalized spacial score (nSPS) is 14.4. The quantitative estimate of drug-likeness (QED) is 0.760. The van der Waals surface area contributed by atoms with Gasteiger partial charge in [0.05, 0.1) is 13.2 Å². The average Bonchev–Trinajstić information content (AvgIpc) is 3.19. The number of aromatic nitrogens is 2. The number of methoxy groups -OCH3 is 1. The number of nitrogens with one attached hydrogen (secondary N) is 1. The van der Waals surface area contributed by atoms with Crippen LogP contribution in [-0.2, 0) is 24.4 Å². The van der Waals surface area contributed by atoms with Gasteiger partial charge in [0.2, 0.25) is 0 Å². The van der Waals surface area contributed by atoms with E-state index < -0.39 is 0 Å². The summed E-state index contributed by atoms with van der Waals surface area (Å²) in [4.78, 5) is 26.5. The molecule has 2 heterocycles. The third kappa shape index (κ3) is 5.48. The molecule has 0 bridgehead atoms. The Balaban J connectivity index is 1.54. The molecule has 0 radical (unpaired) electrons. The summed E-state index contributed by atoms with van der Waals surface area (Å²) in [6.07, 6.45) is 2.58. The van der Waals surface area contributed by atoms with Crippen molar-refractivity contribution in [1.29, 1.82) is 0 Å². The predicted molar refractivity (Wildman–Crippen MR) is 102 cm³/mol. The number of rotatable bonds is 8. The van der Waals surface area contributed by atoms with Crippen LogP contribution < -0.4 is 10.9 Å². The third-order valence-corrected chi connectivity index (χ3v) is 4.69. The molecule has 0 atom stereocenters. The molecular weight excluding hydrogens is 344 g/mol. The lowest BCUT2D eigenvalue weighted by molar-refractivity contribution is 0.0942. The summed E-state index contributed by atoms with van der Waals surface area (Å²) in [6, 6.07) is 11.1. The van der Waals surface area contributed by atoms with Crippen LogP contribution in [0.5, 0.6) is 0 Å². The molecule has 1 saturated heterocycles. The van der Waals surface area contributed by atoms with E-state index in [9.17, 15) is 9.59 Å². The number of carbonyl (C=O) groups is 1. The molecular formula is C20H26N4O3. The van der Waals surface area contributed by atoms with E-state index in [1.807, 2.05) is 12.1 Å². The molecule has 1 aliphatic rings. The highest BCUT2D eigenvalue weighted by Crippen LogP contribution is 2.13. The molecule has 7 nitrogen and oxygen atoms in total. The molecule has 1 amide bonds. The largest absolute Gasteiger partial charge is 0.383 e. The summed E-state index contributed by atoms with van der Waals surface area (Å²) < 4.78 is 6.20. The first kappa shape index (κ1) is 19.3. The van der Waals surface area contributed by atoms with Crippen LogP contribution in [0.2, 0.25) is 0 Å². The van der Waals surface area contributed by atoms with Gasteiger partial charge in [-0.3, -0.25) is 14.5 Å². The Morgan fingerprint density at radius 1 is 1.11 bits per heavy atom. The monoisotopic (exact) mass is 370 g/mol. The summed E-state index contributed by atoms with van der Waals surface area (Å²) in [6.45, 7) is 4.44. The summed E-state index contributed by atoms with van der Waals surface area (Å²) in [5.74, 6) is -0.303. The SMILES string of the molecule is COCCn1nc(C(=O)NCc2ccc(CN3CCCC3)cc2)ccc1=O. The second-order valence-electron chi connectivity index (χ2n) is 6.76. The molecule has 0 unspecified atom stereocenters. The second-order valence-corrected chi connectivity index (χ2v) is 6.76. The Bertz CT molecular complexity index is 811. The van der Waals surface area contributed by atoms with Crippen LogP contribution in [0.25, 0.3) is 0 Å². The number of hydrogen-bond acceptors (Lipinski definition) is 5. The van der Waals surface area contributed by atoms with Crippen LogP contribution in [0.1, 0.15) is 34.5 Å². The number of benzene rings is 1. The smallest absolute Gasteiger partial charge is 0.271 e. The molecule has 1 aromatic carbocycles. The van der Waals surface area contributed by atoms with Crippen LogP contribution in [-0.4, -0.2) is 47.4 Å². The van der Waals surface area contributed by atoms with E-state index in [4.69, 9.17) is 4.74 Å². The topological polar surface area (TPSA) is 76.5 Å². The molecule has 7 heteroatoms. The zero-order valence-electron chi connectivity index (χ0n) is 15.7. The minimum atomic E-state index is -0.303. The Morgan fingerprint density at radius 2 is 1.81 bits per heavy atom. The highest BCUT2D eigenvalue weighted by atomic mass is 16.5. The summed E-state index contributed by atoms with van der Waals surface area (Å²) in [5, 5.41) is 6.95. The van der Waals surface area contributed by atoms with Crippen molar-refractivity contribution in [2.45, 2.75) is 32.5 Å². The maximum absolute atomic E-state index is 12.3. The number of hydrogen-bond donors (Lipinski definition) is 1. The van der Waals surface area contributed by atoms with Gasteiger partial charge in [0.25, 0.3) is 11.5 Å². The molecule has 0 saturated carbocycles. The van der Waals surface area contributed by atoms with Gasteiger partial charge >= 0.3 is 0 Å². The van der Waals surface area contributed by atoms with Crippen LogP contribution in [0.4, 0.5) is 0 Å². The maximum atomic E-state index is 12.3. The van der Waals surface area contributed by atoms with Crippen molar-refractivity contribution in [3.63, 3.8) is 0 Å². The molecule has 0 spiro atoms. The first-order chi connectivity index (χ1) is 13.2. The highest BCUT2D eigenvalue weighted by molar-refractivity contribution is 5.91. The highest BCUT2D eigenvalue weighted by Gasteiger charge is 2.12. The first-order valence-electron chi connectivity index (χ1n) is 9.31. The standard InChI is InChI=1S/C20H26N4O3/c1-27-13-12-24-19(25)9-8-18(22-24)20(26)21-14-16-4-6-17(7-5-16)15-23-10-2-3-11-23/h4-9H,2-3,10-15H2,1H3,(H,21,26). The van der Waals surface area contributed by atoms with Gasteiger partial charge in [-0.15, -0.1) is 0 Å². The number of carbonyl (C=O) groups excluding carboxylic acids is 1. The van der Waals surface area contributed by atoms with E-state index in [0.29, 0.717) is 19.7 Å². The predicted octanol–water partition coefficient (Wildman–Crippen LogP) is 1.42. The maximum Gasteiger partial charge on any atom is 0.271 e. The van der Waals surface area contributed by atoms with Crippen molar-refractivity contribution < 1.29 is 9.53 Å². The van der Waals surface area contributed by atoms with Crippen LogP contribution in [0.15, 0.2) is 41.2 Å². The van der Waals surface area contributed by atoms with E-state index in [0.717, 1.165) is 12.1 Å². The van der Waals surface area contributed by atoms with Crippen molar-refractivity contribution >= 4 is 5.91 Å². The zero-order valence-corrected chi connectivity index (χ0v) is 15.7. The van der Waals surface area contributed by atoms with Crippen molar-refractivity contribution in [1.82, 2.24) is 20.0 Å². The van der Waals surface area contributed by atoms with Gasteiger partial charge in [-0.1, -0.05) is 24.3 Å². The molecule has 0 aliphatic carbocycles. The van der Waals surface area contributed by atoms with E-state index in [1.165, 1.54) is 48.3 Å². The van der Waals surface area contributed by atoms with Gasteiger partial charge in [-0.2, -0.15) is 5.10 Å². The Kier molecular flexibility index (Phi) is 6.73. The Labute approximate surface area is 158 Å². The molecule has 27 heavy (non-hydrogen) atoms. The number of ether oxygens (including phenoxy) is 1. The van der Waals surface area contributed by atoms with E-state index in [1.54, 1.807) is 7.11 Å². The van der Waals surface area contributed by atoms with E-state index >= 15 is 0 Å². The lowest BCUT2D eigenvalue weighted by atomic mass is 10.1. The van der Waals surface area contributed by atoms with E-state index in [2.05, 4.69) is 27.4 Å². The number of amides is 1. The molecule has 2 aromatic rings. The summed E-state index contributed by atoms with van der Waals surface area (Å²) >= 11 is 0. The molecule has 3 rings (SSSR count). The fraction of sp³-hybridized carbons (Fsp3) is 0.450. The average molecular weight is 370 g/mol.